The molecule has 0 fully saturated rings. The Kier molecular flexibility index (Phi) is 9.69. The molecular weight excluding hydrogens is 426 g/mol. The van der Waals surface area contributed by atoms with Crippen molar-refractivity contribution in [2.75, 3.05) is 31.0 Å². The van der Waals surface area contributed by atoms with Crippen molar-refractivity contribution in [3.8, 4) is 11.5 Å². The minimum atomic E-state index is -0.651. The minimum absolute atomic E-state index is 0.00398. The monoisotopic (exact) mass is 451 g/mol. The Labute approximate surface area is 185 Å². The molecule has 1 atom stereocenters. The Bertz CT molecular complexity index is 844. The summed E-state index contributed by atoms with van der Waals surface area (Å²) in [4.78, 5) is 24.7. The molecule has 0 unspecified atom stereocenters. The molecule has 0 aliphatic rings. The van der Waals surface area contributed by atoms with Gasteiger partial charge in [-0.25, -0.2) is 4.79 Å². The third-order valence-electron chi connectivity index (χ3n) is 4.16. The van der Waals surface area contributed by atoms with E-state index in [1.54, 1.807) is 36.0 Å². The smallest absolute Gasteiger partial charge is 0.412 e. The van der Waals surface area contributed by atoms with Crippen molar-refractivity contribution >= 4 is 42.1 Å². The summed E-state index contributed by atoms with van der Waals surface area (Å²) in [5, 5.41) is 12.8. The summed E-state index contributed by atoms with van der Waals surface area (Å²) < 4.78 is 15.7. The van der Waals surface area contributed by atoms with Crippen molar-refractivity contribution in [1.29, 1.82) is 0 Å². The van der Waals surface area contributed by atoms with E-state index in [0.717, 1.165) is 4.90 Å². The summed E-state index contributed by atoms with van der Waals surface area (Å²) in [6.45, 7) is 0.180. The molecule has 9 heteroatoms. The van der Waals surface area contributed by atoms with Gasteiger partial charge in [0.2, 0.25) is 0 Å². The first-order valence-electron chi connectivity index (χ1n) is 9.22. The summed E-state index contributed by atoms with van der Waals surface area (Å²) in [5.74, 6) is -0.148. The highest BCUT2D eigenvalue weighted by atomic mass is 32.2. The fourth-order valence-corrected chi connectivity index (χ4v) is 3.15. The number of phenolic OH excluding ortho intramolecular Hbond substituents is 1. The number of hydrogen-bond donors (Lipinski definition) is 3. The number of benzene rings is 2. The Morgan fingerprint density at radius 1 is 1.20 bits per heavy atom. The van der Waals surface area contributed by atoms with E-state index in [1.807, 2.05) is 18.4 Å². The summed E-state index contributed by atoms with van der Waals surface area (Å²) in [6, 6.07) is 12.2. The van der Waals surface area contributed by atoms with Gasteiger partial charge in [-0.1, -0.05) is 6.07 Å². The van der Waals surface area contributed by atoms with E-state index in [2.05, 4.69) is 17.9 Å². The molecule has 2 rings (SSSR count). The van der Waals surface area contributed by atoms with Crippen LogP contribution in [0, 0.1) is 0 Å². The van der Waals surface area contributed by atoms with Crippen LogP contribution in [0.4, 0.5) is 10.5 Å². The third kappa shape index (κ3) is 7.38. The Balaban J connectivity index is 2.06. The Hall–Kier alpha value is -2.52. The molecule has 2 aromatic rings. The van der Waals surface area contributed by atoms with E-state index in [4.69, 9.17) is 14.2 Å². The number of carbonyl (C=O) groups excluding carboxylic acids is 2. The zero-order valence-corrected chi connectivity index (χ0v) is 18.5. The number of thiol groups is 1. The first-order chi connectivity index (χ1) is 14.5. The summed E-state index contributed by atoms with van der Waals surface area (Å²) in [6.07, 6.45) is 1.55. The van der Waals surface area contributed by atoms with Gasteiger partial charge in [-0.2, -0.15) is 12.6 Å². The van der Waals surface area contributed by atoms with E-state index < -0.39 is 18.2 Å². The highest BCUT2D eigenvalue weighted by molar-refractivity contribution is 7.98. The van der Waals surface area contributed by atoms with Crippen LogP contribution in [0.2, 0.25) is 0 Å². The van der Waals surface area contributed by atoms with Gasteiger partial charge >= 0.3 is 12.1 Å². The second-order valence-electron chi connectivity index (χ2n) is 6.20. The summed E-state index contributed by atoms with van der Waals surface area (Å²) in [7, 11) is 1.45. The van der Waals surface area contributed by atoms with Crippen LogP contribution >= 0.6 is 24.4 Å². The van der Waals surface area contributed by atoms with Gasteiger partial charge in [-0.15, -0.1) is 11.8 Å². The van der Waals surface area contributed by atoms with Crippen LogP contribution in [0.15, 0.2) is 47.4 Å². The fourth-order valence-electron chi connectivity index (χ4n) is 2.65. The molecule has 0 bridgehead atoms. The van der Waals surface area contributed by atoms with Crippen molar-refractivity contribution in [2.24, 2.45) is 0 Å². The van der Waals surface area contributed by atoms with Gasteiger partial charge in [-0.05, 0) is 61.1 Å². The van der Waals surface area contributed by atoms with E-state index in [0.29, 0.717) is 29.8 Å². The molecule has 0 radical (unpaired) electrons. The number of carbonyl (C=O) groups is 2. The second kappa shape index (κ2) is 12.2. The zero-order valence-electron chi connectivity index (χ0n) is 16.8. The molecule has 0 aromatic heterocycles. The number of thioether (sulfide) groups is 1. The van der Waals surface area contributed by atoms with Gasteiger partial charge in [0.15, 0.2) is 11.5 Å². The number of nitrogens with one attached hydrogen (secondary N) is 1. The van der Waals surface area contributed by atoms with E-state index in [-0.39, 0.29) is 18.1 Å². The van der Waals surface area contributed by atoms with Gasteiger partial charge in [0.05, 0.1) is 19.5 Å². The molecule has 0 spiro atoms. The number of aromatic hydroxyl groups is 1. The standard InChI is InChI=1S/C21H25NO6S2/c1-26-19-10-5-14(12-17(19)23)18(4-3-11-27-20(24)13-29)28-21(25)22-15-6-8-16(30-2)9-7-15/h5-10,12,18,23,29H,3-4,11,13H2,1-2H3,(H,22,25)/t18-/m1/s1. The van der Waals surface area contributed by atoms with Crippen molar-refractivity contribution in [1.82, 2.24) is 0 Å². The van der Waals surface area contributed by atoms with Crippen LogP contribution in [-0.2, 0) is 14.3 Å². The lowest BCUT2D eigenvalue weighted by atomic mass is 10.0. The largest absolute Gasteiger partial charge is 0.504 e. The lowest BCUT2D eigenvalue weighted by molar-refractivity contribution is -0.140. The SMILES string of the molecule is COc1ccc([C@@H](CCCOC(=O)CS)OC(=O)Nc2ccc(SC)cc2)cc1O. The maximum atomic E-state index is 12.4. The maximum Gasteiger partial charge on any atom is 0.412 e. The van der Waals surface area contributed by atoms with Crippen LogP contribution in [0.5, 0.6) is 11.5 Å². The van der Waals surface area contributed by atoms with Crippen molar-refractivity contribution in [2.45, 2.75) is 23.8 Å². The average molecular weight is 452 g/mol. The van der Waals surface area contributed by atoms with Gasteiger partial charge in [0, 0.05) is 10.6 Å². The molecule has 1 amide bonds. The topological polar surface area (TPSA) is 94.1 Å². The number of amides is 1. The van der Waals surface area contributed by atoms with Gasteiger partial charge in [0.1, 0.15) is 6.10 Å². The Morgan fingerprint density at radius 2 is 1.93 bits per heavy atom. The lowest BCUT2D eigenvalue weighted by Gasteiger charge is -2.19. The van der Waals surface area contributed by atoms with Crippen LogP contribution in [0.3, 0.4) is 0 Å². The molecule has 7 nitrogen and oxygen atoms in total. The van der Waals surface area contributed by atoms with Crippen LogP contribution in [0.25, 0.3) is 0 Å². The number of ether oxygens (including phenoxy) is 3. The highest BCUT2D eigenvalue weighted by Crippen LogP contribution is 2.32. The Morgan fingerprint density at radius 3 is 2.53 bits per heavy atom. The number of methoxy groups -OCH3 is 1. The van der Waals surface area contributed by atoms with Gasteiger partial charge < -0.3 is 19.3 Å². The molecule has 162 valence electrons. The molecule has 30 heavy (non-hydrogen) atoms. The number of esters is 1. The first kappa shape index (κ1) is 23.8. The summed E-state index contributed by atoms with van der Waals surface area (Å²) >= 11 is 5.46. The quantitative estimate of drug-likeness (QED) is 0.209. The highest BCUT2D eigenvalue weighted by Gasteiger charge is 2.19. The van der Waals surface area contributed by atoms with E-state index >= 15 is 0 Å². The van der Waals surface area contributed by atoms with Crippen LogP contribution < -0.4 is 10.1 Å². The predicted molar refractivity (Wildman–Crippen MR) is 120 cm³/mol. The molecule has 2 N–H and O–H groups in total. The molecule has 0 aliphatic heterocycles. The zero-order chi connectivity index (χ0) is 21.9. The normalized spacial score (nSPS) is 11.4. The second-order valence-corrected chi connectivity index (χ2v) is 7.40. The van der Waals surface area contributed by atoms with Crippen molar-refractivity contribution < 1.29 is 28.9 Å². The first-order valence-corrected chi connectivity index (χ1v) is 11.1. The molecule has 0 heterocycles. The molecule has 0 saturated carbocycles. The van der Waals surface area contributed by atoms with E-state index in [9.17, 15) is 14.7 Å². The third-order valence-corrected chi connectivity index (χ3v) is 5.16. The van der Waals surface area contributed by atoms with Crippen molar-refractivity contribution in [3.05, 3.63) is 48.0 Å². The summed E-state index contributed by atoms with van der Waals surface area (Å²) in [5.41, 5.74) is 1.21. The van der Waals surface area contributed by atoms with Gasteiger partial charge in [-0.3, -0.25) is 10.1 Å². The number of phenols is 1. The van der Waals surface area contributed by atoms with Crippen molar-refractivity contribution in [3.63, 3.8) is 0 Å². The van der Waals surface area contributed by atoms with Crippen LogP contribution in [0.1, 0.15) is 24.5 Å². The average Bonchev–Trinajstić information content (AvgIpc) is 2.76. The van der Waals surface area contributed by atoms with E-state index in [1.165, 1.54) is 13.2 Å². The van der Waals surface area contributed by atoms with Gasteiger partial charge in [0.25, 0.3) is 0 Å². The molecule has 0 saturated heterocycles. The predicted octanol–water partition coefficient (Wildman–Crippen LogP) is 4.67. The van der Waals surface area contributed by atoms with Crippen LogP contribution in [-0.4, -0.2) is 42.9 Å². The number of rotatable bonds is 10. The number of hydrogen-bond acceptors (Lipinski definition) is 8. The molecular formula is C21H25NO6S2. The minimum Gasteiger partial charge on any atom is -0.504 e. The maximum absolute atomic E-state index is 12.4. The molecule has 0 aliphatic carbocycles. The lowest BCUT2D eigenvalue weighted by Crippen LogP contribution is -2.18. The fraction of sp³-hybridized carbons (Fsp3) is 0.333. The number of anilines is 1. The molecule has 2 aromatic carbocycles.